The number of pyridine rings is 1. The topological polar surface area (TPSA) is 155 Å². The molecule has 0 bridgehead atoms. The summed E-state index contributed by atoms with van der Waals surface area (Å²) in [6, 6.07) is 6.07. The van der Waals surface area contributed by atoms with Crippen molar-refractivity contribution in [2.45, 2.75) is 25.8 Å². The number of rotatable bonds is 4. The van der Waals surface area contributed by atoms with Crippen LogP contribution >= 0.6 is 0 Å². The molecule has 0 unspecified atom stereocenters. The SMILES string of the molecule is Cc1c(N2CCN(c3ncccc3C#N)CC2)nc2/c(=C\c3[nH]c(=O)[nH]c3O)cnn2c1=NC1CC1. The van der Waals surface area contributed by atoms with Crippen LogP contribution in [0.15, 0.2) is 34.3 Å². The monoisotopic (exact) mass is 484 g/mol. The van der Waals surface area contributed by atoms with Crippen molar-refractivity contribution in [2.75, 3.05) is 36.0 Å². The number of piperazine rings is 1. The van der Waals surface area contributed by atoms with Crippen LogP contribution in [0.25, 0.3) is 11.7 Å². The van der Waals surface area contributed by atoms with E-state index in [-0.39, 0.29) is 17.6 Å². The molecule has 0 amide bonds. The van der Waals surface area contributed by atoms with Crippen LogP contribution in [-0.4, -0.2) is 66.9 Å². The summed E-state index contributed by atoms with van der Waals surface area (Å²) >= 11 is 0. The number of fused-ring (bicyclic) bond motifs is 1. The normalized spacial score (nSPS) is 17.2. The number of nitriles is 1. The van der Waals surface area contributed by atoms with E-state index in [0.29, 0.717) is 48.4 Å². The standard InChI is InChI=1S/C24H24N10O2/c1-14-19(32-7-9-33(10-8-32)21-15(12-25)3-2-6-26-21)30-22-16(11-18-23(35)31-24(36)29-18)13-27-34(22)20(14)28-17-4-5-17/h2-3,6,11,13,17,35H,4-5,7-10H2,1H3,(H2,29,31,36)/b16-11-,28-20?. The number of nitrogens with one attached hydrogen (secondary N) is 2. The third kappa shape index (κ3) is 3.84. The first-order valence-electron chi connectivity index (χ1n) is 11.8. The number of aromatic amines is 2. The largest absolute Gasteiger partial charge is 0.493 e. The molecule has 1 aliphatic carbocycles. The number of hydrogen-bond donors (Lipinski definition) is 3. The fourth-order valence-electron chi connectivity index (χ4n) is 4.52. The van der Waals surface area contributed by atoms with Crippen LogP contribution in [-0.2, 0) is 0 Å². The van der Waals surface area contributed by atoms with Gasteiger partial charge in [0, 0.05) is 43.2 Å². The van der Waals surface area contributed by atoms with E-state index in [1.54, 1.807) is 35.1 Å². The molecule has 182 valence electrons. The number of H-pyrrole nitrogens is 2. The van der Waals surface area contributed by atoms with Gasteiger partial charge < -0.3 is 19.9 Å². The molecule has 5 heterocycles. The smallest absolute Gasteiger partial charge is 0.326 e. The van der Waals surface area contributed by atoms with Crippen molar-refractivity contribution in [3.8, 4) is 11.9 Å². The minimum absolute atomic E-state index is 0.239. The second kappa shape index (κ2) is 8.53. The van der Waals surface area contributed by atoms with Gasteiger partial charge in [0.05, 0.1) is 17.8 Å². The van der Waals surface area contributed by atoms with Gasteiger partial charge in [-0.25, -0.2) is 14.8 Å². The molecular formula is C24H24N10O2. The van der Waals surface area contributed by atoms with Gasteiger partial charge in [-0.15, -0.1) is 0 Å². The molecule has 0 aromatic carbocycles. The Balaban J connectivity index is 1.41. The zero-order chi connectivity index (χ0) is 24.8. The Kier molecular flexibility index (Phi) is 5.18. The molecule has 0 spiro atoms. The number of aromatic hydroxyl groups is 1. The Labute approximate surface area is 204 Å². The van der Waals surface area contributed by atoms with Crippen LogP contribution in [0.3, 0.4) is 0 Å². The van der Waals surface area contributed by atoms with Crippen LogP contribution in [0.2, 0.25) is 0 Å². The fraction of sp³-hybridized carbons (Fsp3) is 0.333. The lowest BCUT2D eigenvalue weighted by atomic mass is 10.2. The van der Waals surface area contributed by atoms with Crippen LogP contribution < -0.4 is 26.2 Å². The maximum Gasteiger partial charge on any atom is 0.326 e. The number of nitrogens with zero attached hydrogens (tertiary/aromatic N) is 8. The quantitative estimate of drug-likeness (QED) is 0.365. The molecule has 12 heteroatoms. The summed E-state index contributed by atoms with van der Waals surface area (Å²) in [5.74, 6) is 1.29. The summed E-state index contributed by atoms with van der Waals surface area (Å²) in [4.78, 5) is 35.2. The van der Waals surface area contributed by atoms with Gasteiger partial charge in [-0.3, -0.25) is 9.98 Å². The number of hydrogen-bond acceptors (Lipinski definition) is 9. The number of anilines is 2. The first-order valence-corrected chi connectivity index (χ1v) is 11.8. The van der Waals surface area contributed by atoms with E-state index in [2.05, 4.69) is 35.9 Å². The zero-order valence-corrected chi connectivity index (χ0v) is 19.6. The van der Waals surface area contributed by atoms with Gasteiger partial charge in [-0.1, -0.05) is 0 Å². The summed E-state index contributed by atoms with van der Waals surface area (Å²) in [6.45, 7) is 4.82. The van der Waals surface area contributed by atoms with E-state index >= 15 is 0 Å². The van der Waals surface area contributed by atoms with Gasteiger partial charge in [-0.05, 0) is 38.0 Å². The molecule has 6 rings (SSSR count). The van der Waals surface area contributed by atoms with Crippen molar-refractivity contribution in [3.05, 3.63) is 62.5 Å². The lowest BCUT2D eigenvalue weighted by molar-refractivity contribution is 0.454. The molecular weight excluding hydrogens is 460 g/mol. The maximum absolute atomic E-state index is 11.6. The average molecular weight is 485 g/mol. The lowest BCUT2D eigenvalue weighted by Gasteiger charge is -2.36. The lowest BCUT2D eigenvalue weighted by Crippen LogP contribution is -2.48. The molecule has 36 heavy (non-hydrogen) atoms. The van der Waals surface area contributed by atoms with Crippen molar-refractivity contribution in [1.82, 2.24) is 29.5 Å². The number of aromatic nitrogens is 6. The highest BCUT2D eigenvalue weighted by Gasteiger charge is 2.25. The molecule has 1 aliphatic heterocycles. The van der Waals surface area contributed by atoms with Gasteiger partial charge in [-0.2, -0.15) is 14.9 Å². The Morgan fingerprint density at radius 2 is 1.94 bits per heavy atom. The van der Waals surface area contributed by atoms with Crippen molar-refractivity contribution >= 4 is 23.4 Å². The van der Waals surface area contributed by atoms with Gasteiger partial charge in [0.2, 0.25) is 5.88 Å². The van der Waals surface area contributed by atoms with E-state index in [9.17, 15) is 15.2 Å². The van der Waals surface area contributed by atoms with E-state index in [1.807, 2.05) is 6.92 Å². The van der Waals surface area contributed by atoms with E-state index in [0.717, 1.165) is 29.7 Å². The predicted octanol–water partition coefficient (Wildman–Crippen LogP) is -0.0362. The predicted molar refractivity (Wildman–Crippen MR) is 132 cm³/mol. The second-order valence-electron chi connectivity index (χ2n) is 9.03. The molecule has 2 aliphatic rings. The van der Waals surface area contributed by atoms with Gasteiger partial charge in [0.25, 0.3) is 0 Å². The minimum atomic E-state index is -0.491. The van der Waals surface area contributed by atoms with Gasteiger partial charge in [0.15, 0.2) is 11.1 Å². The second-order valence-corrected chi connectivity index (χ2v) is 9.03. The molecule has 2 fully saturated rings. The summed E-state index contributed by atoms with van der Waals surface area (Å²) in [7, 11) is 0. The number of imidazole rings is 1. The Bertz CT molecular complexity index is 1680. The van der Waals surface area contributed by atoms with Crippen LogP contribution in [0.5, 0.6) is 5.88 Å². The van der Waals surface area contributed by atoms with Crippen LogP contribution in [0, 0.1) is 18.3 Å². The summed E-state index contributed by atoms with van der Waals surface area (Å²) in [5.41, 5.74) is 2.65. The third-order valence-electron chi connectivity index (χ3n) is 6.53. The third-order valence-corrected chi connectivity index (χ3v) is 6.53. The summed E-state index contributed by atoms with van der Waals surface area (Å²) in [5, 5.41) is 24.7. The van der Waals surface area contributed by atoms with Crippen molar-refractivity contribution in [1.29, 1.82) is 5.26 Å². The van der Waals surface area contributed by atoms with Crippen LogP contribution in [0.4, 0.5) is 11.6 Å². The maximum atomic E-state index is 11.6. The Hall–Kier alpha value is -4.66. The molecule has 12 nitrogen and oxygen atoms in total. The van der Waals surface area contributed by atoms with E-state index < -0.39 is 5.69 Å². The first kappa shape index (κ1) is 21.8. The molecule has 0 atom stereocenters. The molecule has 4 aromatic heterocycles. The van der Waals surface area contributed by atoms with E-state index in [4.69, 9.17) is 9.98 Å². The molecule has 1 saturated carbocycles. The highest BCUT2D eigenvalue weighted by atomic mass is 16.3. The summed E-state index contributed by atoms with van der Waals surface area (Å²) in [6.07, 6.45) is 7.12. The zero-order valence-electron chi connectivity index (χ0n) is 19.6. The average Bonchev–Trinajstić information content (AvgIpc) is 3.54. The molecule has 3 N–H and O–H groups in total. The van der Waals surface area contributed by atoms with E-state index in [1.165, 1.54) is 0 Å². The highest BCUT2D eigenvalue weighted by molar-refractivity contribution is 5.60. The summed E-state index contributed by atoms with van der Waals surface area (Å²) < 4.78 is 1.73. The van der Waals surface area contributed by atoms with Gasteiger partial charge >= 0.3 is 5.69 Å². The molecule has 0 radical (unpaired) electrons. The minimum Gasteiger partial charge on any atom is -0.493 e. The first-order chi connectivity index (χ1) is 17.5. The Morgan fingerprint density at radius 1 is 1.19 bits per heavy atom. The van der Waals surface area contributed by atoms with Gasteiger partial charge in [0.1, 0.15) is 23.4 Å². The van der Waals surface area contributed by atoms with Crippen molar-refractivity contribution in [2.24, 2.45) is 4.99 Å². The molecule has 4 aromatic rings. The molecule has 1 saturated heterocycles. The van der Waals surface area contributed by atoms with Crippen molar-refractivity contribution < 1.29 is 5.11 Å². The Morgan fingerprint density at radius 3 is 2.61 bits per heavy atom. The highest BCUT2D eigenvalue weighted by Crippen LogP contribution is 2.24. The fourth-order valence-corrected chi connectivity index (χ4v) is 4.52. The van der Waals surface area contributed by atoms with Crippen LogP contribution in [0.1, 0.15) is 29.7 Å². The van der Waals surface area contributed by atoms with Crippen molar-refractivity contribution in [3.63, 3.8) is 0 Å².